The lowest BCUT2D eigenvalue weighted by atomic mass is 9.94. The molecule has 1 aliphatic heterocycles. The van der Waals surface area contributed by atoms with Crippen molar-refractivity contribution in [2.24, 2.45) is 5.92 Å². The molecule has 2 fully saturated rings. The summed E-state index contributed by atoms with van der Waals surface area (Å²) < 4.78 is 5.18. The minimum atomic E-state index is -0.465. The molecule has 0 bridgehead atoms. The number of hydrogen-bond donors (Lipinski definition) is 1. The van der Waals surface area contributed by atoms with Crippen molar-refractivity contribution < 1.29 is 19.1 Å². The number of ether oxygens (including phenoxy) is 1. The van der Waals surface area contributed by atoms with Gasteiger partial charge in [-0.1, -0.05) is 31.4 Å². The summed E-state index contributed by atoms with van der Waals surface area (Å²) in [5.41, 5.74) is 2.71. The van der Waals surface area contributed by atoms with Crippen LogP contribution < -0.4 is 5.32 Å². The normalized spacial score (nSPS) is 20.6. The number of benzene rings is 1. The van der Waals surface area contributed by atoms with Crippen molar-refractivity contribution >= 4 is 23.5 Å². The zero-order valence-corrected chi connectivity index (χ0v) is 16.1. The monoisotopic (exact) mass is 372 g/mol. The molecule has 2 amide bonds. The first kappa shape index (κ1) is 19.4. The molecule has 2 aliphatic rings. The molecule has 1 saturated heterocycles. The summed E-state index contributed by atoms with van der Waals surface area (Å²) in [5.74, 6) is -1.26. The highest BCUT2D eigenvalue weighted by Crippen LogP contribution is 2.29. The summed E-state index contributed by atoms with van der Waals surface area (Å²) in [6, 6.07) is 6.05. The van der Waals surface area contributed by atoms with E-state index in [0.29, 0.717) is 6.54 Å². The van der Waals surface area contributed by atoms with E-state index in [4.69, 9.17) is 4.74 Å². The van der Waals surface area contributed by atoms with E-state index in [1.807, 2.05) is 36.9 Å². The summed E-state index contributed by atoms with van der Waals surface area (Å²) >= 11 is 0. The quantitative estimate of drug-likeness (QED) is 0.806. The maximum atomic E-state index is 12.3. The predicted octanol–water partition coefficient (Wildman–Crippen LogP) is 2.97. The van der Waals surface area contributed by atoms with Gasteiger partial charge in [0.15, 0.2) is 6.61 Å². The Morgan fingerprint density at radius 2 is 1.93 bits per heavy atom. The first-order chi connectivity index (χ1) is 12.9. The van der Waals surface area contributed by atoms with E-state index in [1.165, 1.54) is 6.42 Å². The van der Waals surface area contributed by atoms with Crippen LogP contribution in [0.2, 0.25) is 0 Å². The molecule has 1 atom stereocenters. The average Bonchev–Trinajstić information content (AvgIpc) is 3.05. The lowest BCUT2D eigenvalue weighted by Gasteiger charge is -2.31. The van der Waals surface area contributed by atoms with Gasteiger partial charge in [0, 0.05) is 24.7 Å². The largest absolute Gasteiger partial charge is 0.455 e. The molecule has 1 aromatic rings. The van der Waals surface area contributed by atoms with Crippen LogP contribution in [-0.2, 0) is 19.1 Å². The van der Waals surface area contributed by atoms with Crippen molar-refractivity contribution in [1.82, 2.24) is 4.90 Å². The second-order valence-corrected chi connectivity index (χ2v) is 7.71. The first-order valence-corrected chi connectivity index (χ1v) is 9.77. The number of amides is 2. The maximum Gasteiger partial charge on any atom is 0.311 e. The lowest BCUT2D eigenvalue weighted by Crippen LogP contribution is -2.38. The fourth-order valence-corrected chi connectivity index (χ4v) is 3.95. The van der Waals surface area contributed by atoms with Crippen LogP contribution in [0.5, 0.6) is 0 Å². The van der Waals surface area contributed by atoms with Crippen molar-refractivity contribution in [2.45, 2.75) is 58.4 Å². The summed E-state index contributed by atoms with van der Waals surface area (Å²) in [6.07, 6.45) is 5.73. The van der Waals surface area contributed by atoms with Gasteiger partial charge < -0.3 is 15.0 Å². The van der Waals surface area contributed by atoms with Crippen molar-refractivity contribution in [3.8, 4) is 0 Å². The van der Waals surface area contributed by atoms with Crippen LogP contribution in [0.15, 0.2) is 18.2 Å². The van der Waals surface area contributed by atoms with Crippen molar-refractivity contribution in [2.75, 3.05) is 18.5 Å². The fraction of sp³-hybridized carbons (Fsp3) is 0.571. The molecule has 1 aliphatic carbocycles. The van der Waals surface area contributed by atoms with Gasteiger partial charge in [-0.25, -0.2) is 0 Å². The molecule has 6 heteroatoms. The van der Waals surface area contributed by atoms with Gasteiger partial charge in [0.05, 0.1) is 5.92 Å². The van der Waals surface area contributed by atoms with E-state index in [9.17, 15) is 14.4 Å². The second kappa shape index (κ2) is 8.55. The zero-order chi connectivity index (χ0) is 19.4. The van der Waals surface area contributed by atoms with E-state index in [2.05, 4.69) is 5.32 Å². The third kappa shape index (κ3) is 4.87. The van der Waals surface area contributed by atoms with Gasteiger partial charge in [0.25, 0.3) is 5.91 Å². The molecule has 0 spiro atoms. The number of likely N-dealkylation sites (tertiary alicyclic amines) is 1. The number of rotatable bonds is 5. The molecule has 1 saturated carbocycles. The van der Waals surface area contributed by atoms with Crippen molar-refractivity contribution in [1.29, 1.82) is 0 Å². The van der Waals surface area contributed by atoms with E-state index in [0.717, 1.165) is 42.5 Å². The summed E-state index contributed by atoms with van der Waals surface area (Å²) in [4.78, 5) is 38.5. The number of carbonyl (C=O) groups excluding carboxylic acids is 3. The molecule has 0 radical (unpaired) electrons. The highest BCUT2D eigenvalue weighted by molar-refractivity contribution is 5.94. The molecule has 6 nitrogen and oxygen atoms in total. The predicted molar refractivity (Wildman–Crippen MR) is 102 cm³/mol. The van der Waals surface area contributed by atoms with Crippen LogP contribution in [-0.4, -0.2) is 41.9 Å². The Bertz CT molecular complexity index is 725. The van der Waals surface area contributed by atoms with Crippen LogP contribution in [0.1, 0.15) is 49.7 Å². The molecular weight excluding hydrogens is 344 g/mol. The van der Waals surface area contributed by atoms with Gasteiger partial charge in [-0.3, -0.25) is 14.4 Å². The Kier molecular flexibility index (Phi) is 6.14. The van der Waals surface area contributed by atoms with Gasteiger partial charge in [0.1, 0.15) is 0 Å². The van der Waals surface area contributed by atoms with Crippen LogP contribution in [0.4, 0.5) is 5.69 Å². The average molecular weight is 372 g/mol. The number of hydrogen-bond acceptors (Lipinski definition) is 4. The second-order valence-electron chi connectivity index (χ2n) is 7.71. The Balaban J connectivity index is 1.48. The zero-order valence-electron chi connectivity index (χ0n) is 16.1. The Morgan fingerprint density at radius 3 is 2.67 bits per heavy atom. The molecule has 1 heterocycles. The van der Waals surface area contributed by atoms with E-state index >= 15 is 0 Å². The number of aryl methyl sites for hydroxylation is 2. The van der Waals surface area contributed by atoms with Crippen LogP contribution >= 0.6 is 0 Å². The molecular formula is C21H28N2O4. The Hall–Kier alpha value is -2.37. The van der Waals surface area contributed by atoms with Crippen LogP contribution in [0.3, 0.4) is 0 Å². The van der Waals surface area contributed by atoms with Crippen LogP contribution in [0, 0.1) is 19.8 Å². The van der Waals surface area contributed by atoms with Gasteiger partial charge in [-0.05, 0) is 43.9 Å². The van der Waals surface area contributed by atoms with E-state index in [-0.39, 0.29) is 30.9 Å². The van der Waals surface area contributed by atoms with Gasteiger partial charge >= 0.3 is 5.97 Å². The number of anilines is 1. The van der Waals surface area contributed by atoms with Gasteiger partial charge in [-0.2, -0.15) is 0 Å². The van der Waals surface area contributed by atoms with Gasteiger partial charge in [-0.15, -0.1) is 0 Å². The third-order valence-corrected chi connectivity index (χ3v) is 5.52. The molecule has 146 valence electrons. The fourth-order valence-electron chi connectivity index (χ4n) is 3.95. The minimum absolute atomic E-state index is 0.0312. The summed E-state index contributed by atoms with van der Waals surface area (Å²) in [6.45, 7) is 3.94. The SMILES string of the molecule is Cc1ccc(C)c(NC(=O)COC(=O)[C@@H]2CC(=O)N(C3CCCCC3)C2)c1. The molecule has 1 N–H and O–H groups in total. The molecule has 0 unspecified atom stereocenters. The maximum absolute atomic E-state index is 12.3. The van der Waals surface area contributed by atoms with Crippen LogP contribution in [0.25, 0.3) is 0 Å². The highest BCUT2D eigenvalue weighted by Gasteiger charge is 2.39. The number of carbonyl (C=O) groups is 3. The lowest BCUT2D eigenvalue weighted by molar-refractivity contribution is -0.151. The Morgan fingerprint density at radius 1 is 1.19 bits per heavy atom. The number of nitrogens with zero attached hydrogens (tertiary/aromatic N) is 1. The molecule has 1 aromatic carbocycles. The van der Waals surface area contributed by atoms with E-state index in [1.54, 1.807) is 0 Å². The minimum Gasteiger partial charge on any atom is -0.455 e. The summed E-state index contributed by atoms with van der Waals surface area (Å²) in [5, 5.41) is 2.77. The Labute approximate surface area is 160 Å². The molecule has 0 aromatic heterocycles. The standard InChI is InChI=1S/C21H28N2O4/c1-14-8-9-15(2)18(10-14)22-19(24)13-27-21(26)16-11-20(25)23(12-16)17-6-4-3-5-7-17/h8-10,16-17H,3-7,11-13H2,1-2H3,(H,22,24)/t16-/m1/s1. The summed E-state index contributed by atoms with van der Waals surface area (Å²) in [7, 11) is 0. The van der Waals surface area contributed by atoms with Gasteiger partial charge in [0.2, 0.25) is 5.91 Å². The van der Waals surface area contributed by atoms with Crippen molar-refractivity contribution in [3.63, 3.8) is 0 Å². The first-order valence-electron chi connectivity index (χ1n) is 9.77. The third-order valence-electron chi connectivity index (χ3n) is 5.52. The number of esters is 1. The molecule has 3 rings (SSSR count). The topological polar surface area (TPSA) is 75.7 Å². The van der Waals surface area contributed by atoms with Crippen molar-refractivity contribution in [3.05, 3.63) is 29.3 Å². The highest BCUT2D eigenvalue weighted by atomic mass is 16.5. The smallest absolute Gasteiger partial charge is 0.311 e. The number of nitrogens with one attached hydrogen (secondary N) is 1. The molecule has 27 heavy (non-hydrogen) atoms. The van der Waals surface area contributed by atoms with E-state index < -0.39 is 11.9 Å².